The fraction of sp³-hybridized carbons (Fsp3) is 0.714. The van der Waals surface area contributed by atoms with Crippen molar-refractivity contribution in [2.45, 2.75) is 33.2 Å². The van der Waals surface area contributed by atoms with Gasteiger partial charge in [0.1, 0.15) is 5.82 Å². The van der Waals surface area contributed by atoms with Crippen LogP contribution in [0.1, 0.15) is 27.7 Å². The SMILES string of the molecule is CCNc1ncc(Br)c(N2CCN(C(C)(C)C)CC2)n1. The summed E-state index contributed by atoms with van der Waals surface area (Å²) < 4.78 is 0.961. The minimum Gasteiger partial charge on any atom is -0.354 e. The Morgan fingerprint density at radius 1 is 1.25 bits per heavy atom. The second kappa shape index (κ2) is 6.26. The van der Waals surface area contributed by atoms with E-state index in [0.717, 1.165) is 43.0 Å². The standard InChI is InChI=1S/C14H24BrN5/c1-5-16-13-17-10-11(15)12(18-13)19-6-8-20(9-7-19)14(2,3)4/h10H,5-9H2,1-4H3,(H,16,17,18). The molecule has 0 radical (unpaired) electrons. The summed E-state index contributed by atoms with van der Waals surface area (Å²) in [6.45, 7) is 13.8. The number of nitrogens with one attached hydrogen (secondary N) is 1. The highest BCUT2D eigenvalue weighted by atomic mass is 79.9. The van der Waals surface area contributed by atoms with Crippen molar-refractivity contribution in [3.63, 3.8) is 0 Å². The van der Waals surface area contributed by atoms with Gasteiger partial charge in [0, 0.05) is 44.5 Å². The quantitative estimate of drug-likeness (QED) is 0.915. The summed E-state index contributed by atoms with van der Waals surface area (Å²) in [5.74, 6) is 1.69. The normalized spacial score (nSPS) is 17.4. The van der Waals surface area contributed by atoms with Gasteiger partial charge in [-0.2, -0.15) is 4.98 Å². The predicted octanol–water partition coefficient (Wildman–Crippen LogP) is 2.59. The Morgan fingerprint density at radius 3 is 2.45 bits per heavy atom. The van der Waals surface area contributed by atoms with Crippen LogP contribution in [0.5, 0.6) is 0 Å². The lowest BCUT2D eigenvalue weighted by atomic mass is 10.1. The second-order valence-corrected chi connectivity index (χ2v) is 6.89. The van der Waals surface area contributed by atoms with Crippen molar-refractivity contribution in [1.82, 2.24) is 14.9 Å². The predicted molar refractivity (Wildman–Crippen MR) is 87.4 cm³/mol. The first-order valence-electron chi connectivity index (χ1n) is 7.18. The van der Waals surface area contributed by atoms with Gasteiger partial charge in [-0.15, -0.1) is 0 Å². The Kier molecular flexibility index (Phi) is 4.86. The molecule has 1 saturated heterocycles. The highest BCUT2D eigenvalue weighted by Crippen LogP contribution is 2.26. The lowest BCUT2D eigenvalue weighted by Gasteiger charge is -2.42. The molecule has 0 unspecified atom stereocenters. The molecule has 20 heavy (non-hydrogen) atoms. The van der Waals surface area contributed by atoms with Gasteiger partial charge in [0.25, 0.3) is 0 Å². The summed E-state index contributed by atoms with van der Waals surface area (Å²) in [7, 11) is 0. The van der Waals surface area contributed by atoms with Crippen molar-refractivity contribution in [3.8, 4) is 0 Å². The second-order valence-electron chi connectivity index (χ2n) is 6.04. The Hall–Kier alpha value is -0.880. The molecule has 2 rings (SSSR count). The number of rotatable bonds is 3. The lowest BCUT2D eigenvalue weighted by Crippen LogP contribution is -2.53. The van der Waals surface area contributed by atoms with Crippen LogP contribution < -0.4 is 10.2 Å². The summed E-state index contributed by atoms with van der Waals surface area (Å²) >= 11 is 3.56. The van der Waals surface area contributed by atoms with Crippen molar-refractivity contribution < 1.29 is 0 Å². The highest BCUT2D eigenvalue weighted by molar-refractivity contribution is 9.10. The number of hydrogen-bond acceptors (Lipinski definition) is 5. The minimum absolute atomic E-state index is 0.240. The zero-order chi connectivity index (χ0) is 14.8. The lowest BCUT2D eigenvalue weighted by molar-refractivity contribution is 0.128. The Balaban J connectivity index is 2.08. The van der Waals surface area contributed by atoms with Crippen LogP contribution in [0.3, 0.4) is 0 Å². The van der Waals surface area contributed by atoms with E-state index in [9.17, 15) is 0 Å². The molecule has 0 saturated carbocycles. The molecular formula is C14H24BrN5. The number of aromatic nitrogens is 2. The highest BCUT2D eigenvalue weighted by Gasteiger charge is 2.27. The molecule has 1 aromatic heterocycles. The van der Waals surface area contributed by atoms with Crippen LogP contribution in [-0.2, 0) is 0 Å². The molecule has 1 fully saturated rings. The fourth-order valence-electron chi connectivity index (χ4n) is 2.41. The molecule has 2 heterocycles. The number of piperazine rings is 1. The molecule has 112 valence electrons. The Bertz CT molecular complexity index is 449. The van der Waals surface area contributed by atoms with E-state index in [1.165, 1.54) is 0 Å². The van der Waals surface area contributed by atoms with Crippen LogP contribution in [0.25, 0.3) is 0 Å². The van der Waals surface area contributed by atoms with Crippen LogP contribution in [-0.4, -0.2) is 53.1 Å². The molecule has 1 N–H and O–H groups in total. The summed E-state index contributed by atoms with van der Waals surface area (Å²) in [6, 6.07) is 0. The molecule has 1 aliphatic heterocycles. The molecule has 1 aromatic rings. The molecular weight excluding hydrogens is 318 g/mol. The van der Waals surface area contributed by atoms with E-state index in [-0.39, 0.29) is 5.54 Å². The van der Waals surface area contributed by atoms with E-state index in [1.54, 1.807) is 0 Å². The summed E-state index contributed by atoms with van der Waals surface area (Å²) in [5.41, 5.74) is 0.240. The van der Waals surface area contributed by atoms with Gasteiger partial charge < -0.3 is 10.2 Å². The van der Waals surface area contributed by atoms with E-state index in [2.05, 4.69) is 61.8 Å². The average Bonchev–Trinajstić information content (AvgIpc) is 2.40. The van der Waals surface area contributed by atoms with Crippen molar-refractivity contribution in [2.24, 2.45) is 0 Å². The van der Waals surface area contributed by atoms with E-state index in [1.807, 2.05) is 13.1 Å². The average molecular weight is 342 g/mol. The van der Waals surface area contributed by atoms with E-state index >= 15 is 0 Å². The third kappa shape index (κ3) is 3.61. The Morgan fingerprint density at radius 2 is 1.90 bits per heavy atom. The van der Waals surface area contributed by atoms with E-state index in [0.29, 0.717) is 5.95 Å². The van der Waals surface area contributed by atoms with Crippen molar-refractivity contribution in [3.05, 3.63) is 10.7 Å². The number of anilines is 2. The topological polar surface area (TPSA) is 44.3 Å². The number of hydrogen-bond donors (Lipinski definition) is 1. The third-order valence-electron chi connectivity index (χ3n) is 3.59. The van der Waals surface area contributed by atoms with Gasteiger partial charge in [-0.1, -0.05) is 0 Å². The first-order valence-corrected chi connectivity index (χ1v) is 7.97. The van der Waals surface area contributed by atoms with Gasteiger partial charge in [0.05, 0.1) is 4.47 Å². The van der Waals surface area contributed by atoms with Gasteiger partial charge in [0.2, 0.25) is 5.95 Å². The third-order valence-corrected chi connectivity index (χ3v) is 4.15. The maximum absolute atomic E-state index is 4.61. The first-order chi connectivity index (χ1) is 9.41. The number of nitrogens with zero attached hydrogens (tertiary/aromatic N) is 4. The maximum atomic E-state index is 4.61. The van der Waals surface area contributed by atoms with Crippen LogP contribution in [0.4, 0.5) is 11.8 Å². The van der Waals surface area contributed by atoms with Crippen LogP contribution in [0, 0.1) is 0 Å². The van der Waals surface area contributed by atoms with Crippen LogP contribution in [0.15, 0.2) is 10.7 Å². The molecule has 0 aromatic carbocycles. The molecule has 1 aliphatic rings. The van der Waals surface area contributed by atoms with Crippen molar-refractivity contribution in [2.75, 3.05) is 42.9 Å². The monoisotopic (exact) mass is 341 g/mol. The molecule has 5 nitrogen and oxygen atoms in total. The van der Waals surface area contributed by atoms with Crippen LogP contribution in [0.2, 0.25) is 0 Å². The molecule has 0 bridgehead atoms. The zero-order valence-corrected chi connectivity index (χ0v) is 14.4. The first kappa shape index (κ1) is 15.5. The van der Waals surface area contributed by atoms with E-state index < -0.39 is 0 Å². The van der Waals surface area contributed by atoms with E-state index in [4.69, 9.17) is 0 Å². The van der Waals surface area contributed by atoms with Crippen LogP contribution >= 0.6 is 15.9 Å². The zero-order valence-electron chi connectivity index (χ0n) is 12.8. The van der Waals surface area contributed by atoms with Crippen molar-refractivity contribution >= 4 is 27.7 Å². The smallest absolute Gasteiger partial charge is 0.224 e. The number of halogens is 1. The summed E-state index contributed by atoms with van der Waals surface area (Å²) in [6.07, 6.45) is 1.83. The molecule has 0 aliphatic carbocycles. The molecule has 0 atom stereocenters. The molecule has 0 spiro atoms. The summed E-state index contributed by atoms with van der Waals surface area (Å²) in [4.78, 5) is 13.7. The minimum atomic E-state index is 0.240. The van der Waals surface area contributed by atoms with Gasteiger partial charge in [0.15, 0.2) is 0 Å². The largest absolute Gasteiger partial charge is 0.354 e. The van der Waals surface area contributed by atoms with Gasteiger partial charge in [-0.05, 0) is 43.6 Å². The fourth-order valence-corrected chi connectivity index (χ4v) is 2.85. The van der Waals surface area contributed by atoms with Gasteiger partial charge >= 0.3 is 0 Å². The summed E-state index contributed by atoms with van der Waals surface area (Å²) in [5, 5.41) is 3.17. The molecule has 6 heteroatoms. The molecule has 0 amide bonds. The van der Waals surface area contributed by atoms with Crippen molar-refractivity contribution in [1.29, 1.82) is 0 Å². The van der Waals surface area contributed by atoms with Gasteiger partial charge in [-0.25, -0.2) is 4.98 Å². The van der Waals surface area contributed by atoms with Gasteiger partial charge in [-0.3, -0.25) is 4.90 Å². The maximum Gasteiger partial charge on any atom is 0.224 e. The Labute approximate surface area is 129 Å².